The van der Waals surface area contributed by atoms with Crippen molar-refractivity contribution in [2.45, 2.75) is 25.8 Å². The molecular formula is C20H20FN3O3. The van der Waals surface area contributed by atoms with Crippen LogP contribution in [0.5, 0.6) is 0 Å². The molecular weight excluding hydrogens is 349 g/mol. The summed E-state index contributed by atoms with van der Waals surface area (Å²) in [4.78, 5) is 37.2. The maximum Gasteiger partial charge on any atom is 0.255 e. The van der Waals surface area contributed by atoms with Crippen LogP contribution < -0.4 is 11.1 Å². The Kier molecular flexibility index (Phi) is 5.49. The molecule has 3 rings (SSSR count). The van der Waals surface area contributed by atoms with Crippen LogP contribution in [0, 0.1) is 5.82 Å². The highest BCUT2D eigenvalue weighted by Crippen LogP contribution is 2.17. The third-order valence-corrected chi connectivity index (χ3v) is 4.50. The normalized spacial score (nSPS) is 14.1. The summed E-state index contributed by atoms with van der Waals surface area (Å²) >= 11 is 0. The molecule has 1 saturated heterocycles. The molecule has 0 aliphatic carbocycles. The van der Waals surface area contributed by atoms with Crippen LogP contribution in [0.25, 0.3) is 0 Å². The fourth-order valence-electron chi connectivity index (χ4n) is 3.01. The highest BCUT2D eigenvalue weighted by atomic mass is 19.1. The second-order valence-corrected chi connectivity index (χ2v) is 6.48. The number of piperidine rings is 1. The fourth-order valence-corrected chi connectivity index (χ4v) is 3.01. The number of anilines is 1. The molecule has 1 fully saturated rings. The van der Waals surface area contributed by atoms with Crippen molar-refractivity contribution in [1.29, 1.82) is 0 Å². The molecule has 1 aliphatic heterocycles. The smallest absolute Gasteiger partial charge is 0.255 e. The summed E-state index contributed by atoms with van der Waals surface area (Å²) in [6.07, 6.45) is 2.54. The predicted octanol–water partition coefficient (Wildman–Crippen LogP) is 2.69. The van der Waals surface area contributed by atoms with Gasteiger partial charge in [0.25, 0.3) is 11.8 Å². The molecule has 2 aromatic rings. The predicted molar refractivity (Wildman–Crippen MR) is 98.6 cm³/mol. The lowest BCUT2D eigenvalue weighted by molar-refractivity contribution is -0.133. The lowest BCUT2D eigenvalue weighted by Gasteiger charge is -2.26. The third-order valence-electron chi connectivity index (χ3n) is 4.50. The Labute approximate surface area is 156 Å². The largest absolute Gasteiger partial charge is 0.366 e. The Bertz CT molecular complexity index is 881. The minimum absolute atomic E-state index is 0.157. The van der Waals surface area contributed by atoms with Gasteiger partial charge in [-0.15, -0.1) is 0 Å². The molecule has 7 heteroatoms. The van der Waals surface area contributed by atoms with Gasteiger partial charge in [-0.3, -0.25) is 14.4 Å². The van der Waals surface area contributed by atoms with E-state index in [0.717, 1.165) is 31.0 Å². The van der Waals surface area contributed by atoms with E-state index in [4.69, 9.17) is 5.73 Å². The lowest BCUT2D eigenvalue weighted by Crippen LogP contribution is -2.34. The molecule has 3 amide bonds. The van der Waals surface area contributed by atoms with Crippen molar-refractivity contribution in [1.82, 2.24) is 4.90 Å². The van der Waals surface area contributed by atoms with Crippen molar-refractivity contribution in [2.75, 3.05) is 11.9 Å². The lowest BCUT2D eigenvalue weighted by atomic mass is 10.1. The van der Waals surface area contributed by atoms with Crippen LogP contribution in [0.3, 0.4) is 0 Å². The van der Waals surface area contributed by atoms with Crippen LogP contribution in [0.1, 0.15) is 45.5 Å². The van der Waals surface area contributed by atoms with Crippen LogP contribution in [-0.4, -0.2) is 29.2 Å². The van der Waals surface area contributed by atoms with Crippen molar-refractivity contribution < 1.29 is 18.8 Å². The first-order valence-corrected chi connectivity index (χ1v) is 8.71. The van der Waals surface area contributed by atoms with Gasteiger partial charge in [-0.2, -0.15) is 0 Å². The van der Waals surface area contributed by atoms with Gasteiger partial charge < -0.3 is 16.0 Å². The van der Waals surface area contributed by atoms with Crippen molar-refractivity contribution in [2.24, 2.45) is 5.73 Å². The number of benzene rings is 2. The second kappa shape index (κ2) is 7.99. The molecule has 0 radical (unpaired) electrons. The number of hydrogen-bond donors (Lipinski definition) is 2. The van der Waals surface area contributed by atoms with E-state index in [1.54, 1.807) is 24.3 Å². The van der Waals surface area contributed by atoms with E-state index in [9.17, 15) is 18.8 Å². The van der Waals surface area contributed by atoms with E-state index >= 15 is 0 Å². The Hall–Kier alpha value is -3.22. The van der Waals surface area contributed by atoms with Gasteiger partial charge in [-0.25, -0.2) is 4.39 Å². The summed E-state index contributed by atoms with van der Waals surface area (Å²) in [5, 5.41) is 2.61. The molecule has 1 aliphatic rings. The summed E-state index contributed by atoms with van der Waals surface area (Å²) in [5.74, 6) is -1.88. The Morgan fingerprint density at radius 3 is 2.52 bits per heavy atom. The zero-order chi connectivity index (χ0) is 19.4. The third kappa shape index (κ3) is 4.49. The number of nitrogens with two attached hydrogens (primary N) is 1. The molecule has 2 aromatic carbocycles. The number of carbonyl (C=O) groups is 3. The average Bonchev–Trinajstić information content (AvgIpc) is 2.65. The summed E-state index contributed by atoms with van der Waals surface area (Å²) in [6.45, 7) is 1.29. The van der Waals surface area contributed by atoms with E-state index in [0.29, 0.717) is 18.5 Å². The molecule has 0 unspecified atom stereocenters. The summed E-state index contributed by atoms with van der Waals surface area (Å²) in [7, 11) is 0. The second-order valence-electron chi connectivity index (χ2n) is 6.48. The zero-order valence-electron chi connectivity index (χ0n) is 14.7. The van der Waals surface area contributed by atoms with E-state index in [1.165, 1.54) is 12.1 Å². The number of rotatable bonds is 5. The first-order chi connectivity index (χ1) is 12.9. The van der Waals surface area contributed by atoms with Crippen molar-refractivity contribution in [3.05, 3.63) is 65.0 Å². The van der Waals surface area contributed by atoms with Crippen LogP contribution in [0.4, 0.5) is 10.1 Å². The average molecular weight is 369 g/mol. The molecule has 0 bridgehead atoms. The standard InChI is InChI=1S/C20H20FN3O3/c21-17-9-8-15(11-16(17)19(22)26)23-20(27)14-6-4-13(5-7-14)12-24-10-2-1-3-18(24)25/h4-9,11H,1-3,10,12H2,(H2,22,26)(H,23,27). The SMILES string of the molecule is NC(=O)c1cc(NC(=O)c2ccc(CN3CCCCC3=O)cc2)ccc1F. The van der Waals surface area contributed by atoms with E-state index in [2.05, 4.69) is 5.32 Å². The van der Waals surface area contributed by atoms with E-state index < -0.39 is 17.6 Å². The van der Waals surface area contributed by atoms with Crippen LogP contribution in [0.2, 0.25) is 0 Å². The maximum atomic E-state index is 13.5. The number of primary amides is 1. The molecule has 1 heterocycles. The van der Waals surface area contributed by atoms with Gasteiger partial charge in [0, 0.05) is 30.8 Å². The quantitative estimate of drug-likeness (QED) is 0.849. The Balaban J connectivity index is 1.66. The molecule has 6 nitrogen and oxygen atoms in total. The number of halogens is 1. The molecule has 140 valence electrons. The highest BCUT2D eigenvalue weighted by Gasteiger charge is 2.18. The van der Waals surface area contributed by atoms with Crippen molar-refractivity contribution >= 4 is 23.4 Å². The van der Waals surface area contributed by atoms with Gasteiger partial charge in [0.2, 0.25) is 5.91 Å². The van der Waals surface area contributed by atoms with Gasteiger partial charge in [-0.05, 0) is 48.7 Å². The van der Waals surface area contributed by atoms with E-state index in [1.807, 2.05) is 4.90 Å². The number of amides is 3. The highest BCUT2D eigenvalue weighted by molar-refractivity contribution is 6.05. The fraction of sp³-hybridized carbons (Fsp3) is 0.250. The summed E-state index contributed by atoms with van der Waals surface area (Å²) in [6, 6.07) is 10.6. The van der Waals surface area contributed by atoms with Gasteiger partial charge in [0.05, 0.1) is 5.56 Å². The topological polar surface area (TPSA) is 92.5 Å². The minimum atomic E-state index is -0.903. The van der Waals surface area contributed by atoms with Gasteiger partial charge in [0.15, 0.2) is 0 Å². The Morgan fingerprint density at radius 2 is 1.85 bits per heavy atom. The minimum Gasteiger partial charge on any atom is -0.366 e. The van der Waals surface area contributed by atoms with Crippen molar-refractivity contribution in [3.8, 4) is 0 Å². The number of nitrogens with zero attached hydrogens (tertiary/aromatic N) is 1. The molecule has 3 N–H and O–H groups in total. The molecule has 27 heavy (non-hydrogen) atoms. The Morgan fingerprint density at radius 1 is 1.11 bits per heavy atom. The maximum absolute atomic E-state index is 13.5. The summed E-state index contributed by atoms with van der Waals surface area (Å²) < 4.78 is 13.5. The first-order valence-electron chi connectivity index (χ1n) is 8.71. The molecule has 0 aromatic heterocycles. The van der Waals surface area contributed by atoms with Gasteiger partial charge >= 0.3 is 0 Å². The number of nitrogens with one attached hydrogen (secondary N) is 1. The van der Waals surface area contributed by atoms with Crippen LogP contribution in [-0.2, 0) is 11.3 Å². The van der Waals surface area contributed by atoms with Gasteiger partial charge in [0.1, 0.15) is 5.82 Å². The number of carbonyl (C=O) groups excluding carboxylic acids is 3. The zero-order valence-corrected chi connectivity index (χ0v) is 14.7. The van der Waals surface area contributed by atoms with Crippen LogP contribution >= 0.6 is 0 Å². The number of hydrogen-bond acceptors (Lipinski definition) is 3. The summed E-state index contributed by atoms with van der Waals surface area (Å²) in [5.41, 5.74) is 6.46. The van der Waals surface area contributed by atoms with E-state index in [-0.39, 0.29) is 17.2 Å². The molecule has 0 spiro atoms. The number of likely N-dealkylation sites (tertiary alicyclic amines) is 1. The van der Waals surface area contributed by atoms with Crippen LogP contribution in [0.15, 0.2) is 42.5 Å². The monoisotopic (exact) mass is 369 g/mol. The first kappa shape index (κ1) is 18.6. The molecule has 0 saturated carbocycles. The van der Waals surface area contributed by atoms with Crippen molar-refractivity contribution in [3.63, 3.8) is 0 Å². The van der Waals surface area contributed by atoms with Gasteiger partial charge in [-0.1, -0.05) is 12.1 Å². The molecule has 0 atom stereocenters.